The molecule has 2 aromatic rings. The Morgan fingerprint density at radius 1 is 0.931 bits per heavy atom. The first-order valence-electron chi connectivity index (χ1n) is 10.4. The van der Waals surface area contributed by atoms with Gasteiger partial charge in [0.1, 0.15) is 16.7 Å². The van der Waals surface area contributed by atoms with Gasteiger partial charge in [-0.25, -0.2) is 4.79 Å². The van der Waals surface area contributed by atoms with Crippen molar-refractivity contribution < 1.29 is 18.6 Å². The third-order valence-corrected chi connectivity index (χ3v) is 4.04. The lowest BCUT2D eigenvalue weighted by Crippen LogP contribution is -2.14. The zero-order valence-electron chi connectivity index (χ0n) is 17.9. The van der Waals surface area contributed by atoms with E-state index < -0.39 is 5.63 Å². The molecule has 0 fully saturated rings. The Balaban J connectivity index is 2.39. The lowest BCUT2D eigenvalue weighted by atomic mass is 10.2. The molecule has 0 N–H and O–H groups in total. The summed E-state index contributed by atoms with van der Waals surface area (Å²) in [6.07, 6.45) is 11.6. The largest absolute Gasteiger partial charge is 0.492 e. The molecule has 29 heavy (non-hydrogen) atoms. The van der Waals surface area contributed by atoms with Gasteiger partial charge in [-0.15, -0.1) is 0 Å². The maximum absolute atomic E-state index is 12.6. The fourth-order valence-electron chi connectivity index (χ4n) is 2.80. The second kappa shape index (κ2) is 12.0. The van der Waals surface area contributed by atoms with Crippen LogP contribution in [0.3, 0.4) is 0 Å². The quantitative estimate of drug-likeness (QED) is 0.247. The Hall–Kier alpha value is -2.69. The van der Waals surface area contributed by atoms with Crippen molar-refractivity contribution in [3.63, 3.8) is 0 Å². The molecule has 0 radical (unpaired) electrons. The maximum Gasteiger partial charge on any atom is 0.383 e. The van der Waals surface area contributed by atoms with E-state index in [1.165, 1.54) is 0 Å². The Bertz CT molecular complexity index is 877. The van der Waals surface area contributed by atoms with Crippen molar-refractivity contribution in [2.45, 2.75) is 59.5 Å². The summed E-state index contributed by atoms with van der Waals surface area (Å²) >= 11 is 0. The first-order chi connectivity index (χ1) is 14.1. The van der Waals surface area contributed by atoms with E-state index in [1.54, 1.807) is 12.1 Å². The molecule has 0 atom stereocenters. The molecule has 1 aromatic carbocycles. The van der Waals surface area contributed by atoms with Crippen LogP contribution in [0.2, 0.25) is 0 Å². The van der Waals surface area contributed by atoms with Crippen LogP contribution in [0.25, 0.3) is 11.0 Å². The van der Waals surface area contributed by atoms with Crippen LogP contribution in [-0.4, -0.2) is 19.3 Å². The Morgan fingerprint density at radius 2 is 1.59 bits per heavy atom. The highest BCUT2D eigenvalue weighted by molar-refractivity contribution is 5.91. The van der Waals surface area contributed by atoms with Crippen LogP contribution in [-0.2, 0) is 0 Å². The summed E-state index contributed by atoms with van der Waals surface area (Å²) in [4.78, 5) is 12.6. The molecule has 0 saturated carbocycles. The normalized spacial score (nSPS) is 11.8. The molecular weight excluding hydrogens is 368 g/mol. The van der Waals surface area contributed by atoms with E-state index in [0.717, 1.165) is 19.3 Å². The predicted octanol–water partition coefficient (Wildman–Crippen LogP) is 6.05. The van der Waals surface area contributed by atoms with Crippen molar-refractivity contribution in [2.24, 2.45) is 0 Å². The number of benzene rings is 1. The second-order valence-electron chi connectivity index (χ2n) is 6.88. The number of allylic oxidation sites excluding steroid dienone is 2. The van der Waals surface area contributed by atoms with Gasteiger partial charge in [0.15, 0.2) is 5.75 Å². The Labute approximate surface area is 173 Å². The second-order valence-corrected chi connectivity index (χ2v) is 6.88. The molecule has 2 rings (SSSR count). The van der Waals surface area contributed by atoms with Gasteiger partial charge in [-0.2, -0.15) is 0 Å². The molecule has 0 bridgehead atoms. The predicted molar refractivity (Wildman–Crippen MR) is 117 cm³/mol. The van der Waals surface area contributed by atoms with Crippen LogP contribution in [0.4, 0.5) is 0 Å². The van der Waals surface area contributed by atoms with Crippen molar-refractivity contribution >= 4 is 11.0 Å². The van der Waals surface area contributed by atoms with Crippen molar-refractivity contribution in [1.29, 1.82) is 0 Å². The minimum atomic E-state index is -0.546. The van der Waals surface area contributed by atoms with E-state index in [-0.39, 0.29) is 11.9 Å². The fourth-order valence-corrected chi connectivity index (χ4v) is 2.80. The highest BCUT2D eigenvalue weighted by Crippen LogP contribution is 2.39. The summed E-state index contributed by atoms with van der Waals surface area (Å²) < 4.78 is 23.3. The van der Waals surface area contributed by atoms with Gasteiger partial charge in [0, 0.05) is 0 Å². The Kier molecular flexibility index (Phi) is 9.35. The summed E-state index contributed by atoms with van der Waals surface area (Å²) in [6, 6.07) is 5.39. The molecular formula is C24H32O5. The maximum atomic E-state index is 12.6. The summed E-state index contributed by atoms with van der Waals surface area (Å²) in [5.74, 6) is 1.09. The third kappa shape index (κ3) is 6.70. The summed E-state index contributed by atoms with van der Waals surface area (Å²) in [6.45, 7) is 8.88. The highest BCUT2D eigenvalue weighted by Gasteiger charge is 2.22. The number of rotatable bonds is 12. The van der Waals surface area contributed by atoms with Crippen molar-refractivity contribution in [1.82, 2.24) is 0 Å². The van der Waals surface area contributed by atoms with Gasteiger partial charge < -0.3 is 18.6 Å². The Morgan fingerprint density at radius 3 is 2.21 bits per heavy atom. The summed E-state index contributed by atoms with van der Waals surface area (Å²) in [7, 11) is 0. The van der Waals surface area contributed by atoms with Gasteiger partial charge in [0.05, 0.1) is 19.3 Å². The number of fused-ring (bicyclic) bond motifs is 1. The van der Waals surface area contributed by atoms with Gasteiger partial charge >= 0.3 is 5.63 Å². The van der Waals surface area contributed by atoms with Crippen molar-refractivity contribution in [3.05, 3.63) is 52.9 Å². The topological polar surface area (TPSA) is 57.9 Å². The molecule has 0 aliphatic carbocycles. The average molecular weight is 401 g/mol. The molecule has 5 nitrogen and oxygen atoms in total. The fraction of sp³-hybridized carbons (Fsp3) is 0.458. The van der Waals surface area contributed by atoms with Crippen LogP contribution in [0.15, 0.2) is 51.7 Å². The molecule has 0 aliphatic heterocycles. The number of ether oxygens (including phenoxy) is 3. The van der Waals surface area contributed by atoms with E-state index in [1.807, 2.05) is 26.0 Å². The smallest absolute Gasteiger partial charge is 0.383 e. The minimum absolute atomic E-state index is 0.0954. The summed E-state index contributed by atoms with van der Waals surface area (Å²) in [5.41, 5.74) is -0.124. The van der Waals surface area contributed by atoms with E-state index in [4.69, 9.17) is 18.6 Å². The van der Waals surface area contributed by atoms with Crippen molar-refractivity contribution in [3.8, 4) is 17.2 Å². The monoisotopic (exact) mass is 400 g/mol. The molecule has 0 spiro atoms. The first kappa shape index (κ1) is 22.6. The molecule has 158 valence electrons. The summed E-state index contributed by atoms with van der Waals surface area (Å²) in [5, 5.41) is 0.624. The average Bonchev–Trinajstić information content (AvgIpc) is 2.69. The number of hydrogen-bond acceptors (Lipinski definition) is 5. The molecule has 0 amide bonds. The van der Waals surface area contributed by atoms with E-state index in [2.05, 4.69) is 32.1 Å². The highest BCUT2D eigenvalue weighted by atomic mass is 16.5. The molecule has 1 aromatic heterocycles. The molecule has 0 aliphatic rings. The zero-order valence-corrected chi connectivity index (χ0v) is 17.9. The standard InChI is InChI=1S/C24H32O5/c1-5-7-9-11-16-26-19-14-13-15-20-21(19)22(28-18(3)4)23(24(25)29-20)27-17-12-10-8-6-2/h7-10,13-15,18H,5-6,11-12,16-17H2,1-4H3. The van der Waals surface area contributed by atoms with Crippen LogP contribution in [0.5, 0.6) is 17.2 Å². The molecule has 1 heterocycles. The molecule has 0 saturated heterocycles. The van der Waals surface area contributed by atoms with Crippen LogP contribution in [0.1, 0.15) is 53.4 Å². The van der Waals surface area contributed by atoms with E-state index in [0.29, 0.717) is 42.1 Å². The SMILES string of the molecule is CCC=CCCOc1c(OC(C)C)c2c(OCCC=CCC)cccc2oc1=O. The third-order valence-electron chi connectivity index (χ3n) is 4.04. The van der Waals surface area contributed by atoms with E-state index >= 15 is 0 Å². The van der Waals surface area contributed by atoms with Gasteiger partial charge in [-0.3, -0.25) is 0 Å². The van der Waals surface area contributed by atoms with E-state index in [9.17, 15) is 4.79 Å². The lowest BCUT2D eigenvalue weighted by molar-refractivity contribution is 0.218. The molecule has 0 unspecified atom stereocenters. The van der Waals surface area contributed by atoms with Gasteiger partial charge in [0.2, 0.25) is 5.75 Å². The van der Waals surface area contributed by atoms with Crippen molar-refractivity contribution in [2.75, 3.05) is 13.2 Å². The molecule has 5 heteroatoms. The van der Waals surface area contributed by atoms with Crippen LogP contribution in [0, 0.1) is 0 Å². The minimum Gasteiger partial charge on any atom is -0.492 e. The first-order valence-corrected chi connectivity index (χ1v) is 10.4. The lowest BCUT2D eigenvalue weighted by Gasteiger charge is -2.17. The van der Waals surface area contributed by atoms with Gasteiger partial charge in [-0.05, 0) is 51.7 Å². The van der Waals surface area contributed by atoms with Crippen LogP contribution >= 0.6 is 0 Å². The van der Waals surface area contributed by atoms with Gasteiger partial charge in [0.25, 0.3) is 0 Å². The van der Waals surface area contributed by atoms with Gasteiger partial charge in [-0.1, -0.05) is 44.2 Å². The zero-order chi connectivity index (χ0) is 21.1. The van der Waals surface area contributed by atoms with Crippen LogP contribution < -0.4 is 19.8 Å². The number of hydrogen-bond donors (Lipinski definition) is 0.